The van der Waals surface area contributed by atoms with E-state index in [2.05, 4.69) is 12.1 Å². The third-order valence-corrected chi connectivity index (χ3v) is 4.67. The SMILES string of the molecule is COCCCCN(Cc1ccccc1)C(=O)C(C)C(N)c1ccccc1.Cl. The third-order valence-electron chi connectivity index (χ3n) is 4.67. The molecule has 0 heterocycles. The van der Waals surface area contributed by atoms with Crippen LogP contribution in [0.2, 0.25) is 0 Å². The van der Waals surface area contributed by atoms with E-state index in [1.165, 1.54) is 0 Å². The van der Waals surface area contributed by atoms with Crippen molar-refractivity contribution in [3.63, 3.8) is 0 Å². The number of methoxy groups -OCH3 is 1. The molecule has 1 amide bonds. The molecule has 0 aliphatic heterocycles. The quantitative estimate of drug-likeness (QED) is 0.618. The lowest BCUT2D eigenvalue weighted by Gasteiger charge is -2.29. The lowest BCUT2D eigenvalue weighted by Crippen LogP contribution is -2.39. The van der Waals surface area contributed by atoms with Crippen molar-refractivity contribution in [3.8, 4) is 0 Å². The number of benzene rings is 2. The Labute approximate surface area is 169 Å². The maximum atomic E-state index is 13.1. The zero-order valence-electron chi connectivity index (χ0n) is 16.2. The van der Waals surface area contributed by atoms with Gasteiger partial charge >= 0.3 is 0 Å². The number of amides is 1. The first-order chi connectivity index (χ1) is 12.6. The molecule has 148 valence electrons. The van der Waals surface area contributed by atoms with Gasteiger partial charge in [0.05, 0.1) is 5.92 Å². The molecule has 4 nitrogen and oxygen atoms in total. The van der Waals surface area contributed by atoms with E-state index in [-0.39, 0.29) is 30.3 Å². The normalized spacial score (nSPS) is 12.7. The Bertz CT molecular complexity index is 652. The van der Waals surface area contributed by atoms with Crippen molar-refractivity contribution < 1.29 is 9.53 Å². The summed E-state index contributed by atoms with van der Waals surface area (Å²) in [7, 11) is 1.70. The highest BCUT2D eigenvalue weighted by molar-refractivity contribution is 5.85. The van der Waals surface area contributed by atoms with Gasteiger partial charge in [0.2, 0.25) is 5.91 Å². The van der Waals surface area contributed by atoms with Gasteiger partial charge < -0.3 is 15.4 Å². The topological polar surface area (TPSA) is 55.6 Å². The lowest BCUT2D eigenvalue weighted by molar-refractivity contribution is -0.136. The van der Waals surface area contributed by atoms with Gasteiger partial charge in [0.1, 0.15) is 0 Å². The molecular weight excluding hydrogens is 360 g/mol. The maximum Gasteiger partial charge on any atom is 0.227 e. The van der Waals surface area contributed by atoms with Crippen LogP contribution < -0.4 is 5.73 Å². The number of hydrogen-bond acceptors (Lipinski definition) is 3. The van der Waals surface area contributed by atoms with Crippen LogP contribution in [-0.4, -0.2) is 31.1 Å². The average molecular weight is 391 g/mol. The highest BCUT2D eigenvalue weighted by Gasteiger charge is 2.26. The first-order valence-electron chi connectivity index (χ1n) is 9.25. The molecule has 0 spiro atoms. The van der Waals surface area contributed by atoms with Gasteiger partial charge in [-0.3, -0.25) is 4.79 Å². The van der Waals surface area contributed by atoms with Gasteiger partial charge in [0.25, 0.3) is 0 Å². The van der Waals surface area contributed by atoms with Crippen molar-refractivity contribution in [2.45, 2.75) is 32.4 Å². The molecule has 0 saturated heterocycles. The second-order valence-electron chi connectivity index (χ2n) is 6.67. The number of carbonyl (C=O) groups is 1. The first kappa shape index (κ1) is 23.2. The van der Waals surface area contributed by atoms with Gasteiger partial charge in [0.15, 0.2) is 0 Å². The summed E-state index contributed by atoms with van der Waals surface area (Å²) in [5, 5.41) is 0. The summed E-state index contributed by atoms with van der Waals surface area (Å²) in [6.07, 6.45) is 1.86. The zero-order valence-corrected chi connectivity index (χ0v) is 17.0. The van der Waals surface area contributed by atoms with Gasteiger partial charge in [0, 0.05) is 32.8 Å². The average Bonchev–Trinajstić information content (AvgIpc) is 2.70. The number of hydrogen-bond donors (Lipinski definition) is 1. The summed E-state index contributed by atoms with van der Waals surface area (Å²) in [6.45, 7) is 3.96. The number of carbonyl (C=O) groups excluding carboxylic acids is 1. The van der Waals surface area contributed by atoms with E-state index in [0.29, 0.717) is 19.7 Å². The summed E-state index contributed by atoms with van der Waals surface area (Å²) in [4.78, 5) is 15.1. The Morgan fingerprint density at radius 3 is 2.22 bits per heavy atom. The van der Waals surface area contributed by atoms with Crippen LogP contribution in [0.4, 0.5) is 0 Å². The Hall–Kier alpha value is -1.88. The summed E-state index contributed by atoms with van der Waals surface area (Å²) in [6, 6.07) is 19.6. The fourth-order valence-corrected chi connectivity index (χ4v) is 3.03. The fraction of sp³-hybridized carbons (Fsp3) is 0.409. The molecule has 2 unspecified atom stereocenters. The van der Waals surface area contributed by atoms with Crippen LogP contribution in [0.5, 0.6) is 0 Å². The molecule has 27 heavy (non-hydrogen) atoms. The molecule has 2 rings (SSSR count). The minimum absolute atomic E-state index is 0. The number of nitrogens with zero attached hydrogens (tertiary/aromatic N) is 1. The van der Waals surface area contributed by atoms with Crippen LogP contribution in [0.25, 0.3) is 0 Å². The first-order valence-corrected chi connectivity index (χ1v) is 9.25. The van der Waals surface area contributed by atoms with Crippen LogP contribution in [0.15, 0.2) is 60.7 Å². The lowest BCUT2D eigenvalue weighted by atomic mass is 9.94. The largest absolute Gasteiger partial charge is 0.385 e. The van der Waals surface area contributed by atoms with Gasteiger partial charge in [-0.1, -0.05) is 67.6 Å². The number of nitrogens with two attached hydrogens (primary N) is 1. The van der Waals surface area contributed by atoms with Crippen molar-refractivity contribution in [1.82, 2.24) is 4.90 Å². The molecule has 0 aromatic heterocycles. The summed E-state index contributed by atoms with van der Waals surface area (Å²) in [5.74, 6) is -0.175. The molecule has 0 fully saturated rings. The van der Waals surface area contributed by atoms with Crippen molar-refractivity contribution in [2.24, 2.45) is 11.7 Å². The van der Waals surface area contributed by atoms with Crippen molar-refractivity contribution >= 4 is 18.3 Å². The molecule has 2 N–H and O–H groups in total. The summed E-state index contributed by atoms with van der Waals surface area (Å²) in [5.41, 5.74) is 8.50. The molecule has 0 saturated carbocycles. The highest BCUT2D eigenvalue weighted by atomic mass is 35.5. The Morgan fingerprint density at radius 2 is 1.63 bits per heavy atom. The monoisotopic (exact) mass is 390 g/mol. The molecule has 2 aromatic rings. The van der Waals surface area contributed by atoms with Crippen LogP contribution in [0.1, 0.15) is 36.9 Å². The van der Waals surface area contributed by atoms with Crippen molar-refractivity contribution in [1.29, 1.82) is 0 Å². The number of ether oxygens (including phenoxy) is 1. The molecule has 0 bridgehead atoms. The molecule has 0 aliphatic rings. The minimum Gasteiger partial charge on any atom is -0.385 e. The van der Waals surface area contributed by atoms with E-state index in [0.717, 1.165) is 24.0 Å². The Morgan fingerprint density at radius 1 is 1.04 bits per heavy atom. The second kappa shape index (κ2) is 12.5. The molecule has 2 aromatic carbocycles. The predicted molar refractivity (Wildman–Crippen MR) is 113 cm³/mol. The van der Waals surface area contributed by atoms with E-state index in [1.54, 1.807) is 7.11 Å². The molecular formula is C22H31ClN2O2. The Kier molecular flexibility index (Phi) is 10.7. The molecule has 2 atom stereocenters. The van der Waals surface area contributed by atoms with E-state index in [4.69, 9.17) is 10.5 Å². The number of rotatable bonds is 10. The fourth-order valence-electron chi connectivity index (χ4n) is 3.03. The van der Waals surface area contributed by atoms with Crippen LogP contribution in [0, 0.1) is 5.92 Å². The van der Waals surface area contributed by atoms with Crippen molar-refractivity contribution in [3.05, 3.63) is 71.8 Å². The van der Waals surface area contributed by atoms with Gasteiger partial charge in [-0.15, -0.1) is 12.4 Å². The van der Waals surface area contributed by atoms with Gasteiger partial charge in [-0.05, 0) is 24.0 Å². The predicted octanol–water partition coefficient (Wildman–Crippen LogP) is 4.20. The zero-order chi connectivity index (χ0) is 18.8. The Balaban J connectivity index is 0.00000364. The van der Waals surface area contributed by atoms with Gasteiger partial charge in [-0.25, -0.2) is 0 Å². The highest BCUT2D eigenvalue weighted by Crippen LogP contribution is 2.22. The number of unbranched alkanes of at least 4 members (excludes halogenated alkanes) is 1. The number of halogens is 1. The van der Waals surface area contributed by atoms with Crippen LogP contribution in [-0.2, 0) is 16.1 Å². The molecule has 0 radical (unpaired) electrons. The maximum absolute atomic E-state index is 13.1. The molecule has 5 heteroatoms. The third kappa shape index (κ3) is 7.33. The molecule has 0 aliphatic carbocycles. The van der Waals surface area contributed by atoms with E-state index >= 15 is 0 Å². The van der Waals surface area contributed by atoms with E-state index in [1.807, 2.05) is 60.4 Å². The standard InChI is InChI=1S/C22H30N2O2.ClH/c1-18(21(23)20-13-7-4-8-14-20)22(25)24(15-9-10-16-26-2)17-19-11-5-3-6-12-19;/h3-8,11-14,18,21H,9-10,15-17,23H2,1-2H3;1H. The summed E-state index contributed by atoms with van der Waals surface area (Å²) < 4.78 is 5.12. The second-order valence-corrected chi connectivity index (χ2v) is 6.67. The van der Waals surface area contributed by atoms with Crippen LogP contribution in [0.3, 0.4) is 0 Å². The van der Waals surface area contributed by atoms with E-state index in [9.17, 15) is 4.79 Å². The van der Waals surface area contributed by atoms with Crippen molar-refractivity contribution in [2.75, 3.05) is 20.3 Å². The van der Waals surface area contributed by atoms with Gasteiger partial charge in [-0.2, -0.15) is 0 Å². The summed E-state index contributed by atoms with van der Waals surface area (Å²) >= 11 is 0. The van der Waals surface area contributed by atoms with E-state index < -0.39 is 0 Å². The minimum atomic E-state index is -0.305. The smallest absolute Gasteiger partial charge is 0.227 e. The van der Waals surface area contributed by atoms with Crippen LogP contribution >= 0.6 is 12.4 Å².